The van der Waals surface area contributed by atoms with Gasteiger partial charge in [-0.3, -0.25) is 0 Å². The first-order valence-electron chi connectivity index (χ1n) is 4.39. The van der Waals surface area contributed by atoms with E-state index in [1.165, 1.54) is 30.8 Å². The molecule has 0 amide bonds. The molecule has 80 valence electrons. The van der Waals surface area contributed by atoms with Crippen LogP contribution in [0.15, 0.2) is 0 Å². The first-order valence-corrected chi connectivity index (χ1v) is 5.55. The minimum Gasteiger partial charge on any atom is -0.326 e. The summed E-state index contributed by atoms with van der Waals surface area (Å²) >= 11 is 2.08. The van der Waals surface area contributed by atoms with E-state index in [0.29, 0.717) is 11.6 Å². The lowest BCUT2D eigenvalue weighted by atomic mass is 9.90. The van der Waals surface area contributed by atoms with E-state index in [0.717, 1.165) is 6.54 Å². The standard InChI is InChI=1S/C8H16N2S.2ClH/c9-7-5-8(10-6-7)1-3-11-4-2-8;;/h7,10H,1-6,9H2;2*1H. The predicted molar refractivity (Wildman–Crippen MR) is 64.4 cm³/mol. The van der Waals surface area contributed by atoms with Gasteiger partial charge in [0.05, 0.1) is 0 Å². The number of hydrogen-bond acceptors (Lipinski definition) is 3. The van der Waals surface area contributed by atoms with E-state index >= 15 is 0 Å². The van der Waals surface area contributed by atoms with Crippen LogP contribution in [0.4, 0.5) is 0 Å². The first-order chi connectivity index (χ1) is 5.31. The average Bonchev–Trinajstić information content (AvgIpc) is 2.34. The molecule has 2 fully saturated rings. The molecule has 0 radical (unpaired) electrons. The van der Waals surface area contributed by atoms with E-state index in [-0.39, 0.29) is 24.8 Å². The lowest BCUT2D eigenvalue weighted by Gasteiger charge is -2.33. The number of nitrogens with two attached hydrogens (primary N) is 1. The Kier molecular flexibility index (Phi) is 6.03. The van der Waals surface area contributed by atoms with Crippen LogP contribution in [0.25, 0.3) is 0 Å². The minimum atomic E-state index is 0. The maximum atomic E-state index is 5.87. The molecule has 0 aromatic carbocycles. The van der Waals surface area contributed by atoms with E-state index in [4.69, 9.17) is 5.73 Å². The molecule has 0 aromatic heterocycles. The summed E-state index contributed by atoms with van der Waals surface area (Å²) in [6.07, 6.45) is 3.85. The highest BCUT2D eigenvalue weighted by Gasteiger charge is 2.37. The smallest absolute Gasteiger partial charge is 0.0213 e. The highest BCUT2D eigenvalue weighted by atomic mass is 35.5. The largest absolute Gasteiger partial charge is 0.326 e. The van der Waals surface area contributed by atoms with Gasteiger partial charge in [0, 0.05) is 18.1 Å². The van der Waals surface area contributed by atoms with Crippen LogP contribution in [0.3, 0.4) is 0 Å². The molecular formula is C8H18Cl2N2S. The van der Waals surface area contributed by atoms with Gasteiger partial charge in [-0.1, -0.05) is 0 Å². The van der Waals surface area contributed by atoms with Crippen molar-refractivity contribution in [1.82, 2.24) is 5.32 Å². The Balaban J connectivity index is 0.000000720. The van der Waals surface area contributed by atoms with E-state index in [9.17, 15) is 0 Å². The van der Waals surface area contributed by atoms with Gasteiger partial charge >= 0.3 is 0 Å². The predicted octanol–water partition coefficient (Wildman–Crippen LogP) is 1.42. The molecule has 1 spiro atoms. The molecule has 2 rings (SSSR count). The van der Waals surface area contributed by atoms with Crippen LogP contribution < -0.4 is 11.1 Å². The first kappa shape index (κ1) is 13.8. The molecule has 0 saturated carbocycles. The molecule has 13 heavy (non-hydrogen) atoms. The summed E-state index contributed by atoms with van der Waals surface area (Å²) in [4.78, 5) is 0. The zero-order valence-corrected chi connectivity index (χ0v) is 10.1. The van der Waals surface area contributed by atoms with Gasteiger partial charge in [0.15, 0.2) is 0 Å². The van der Waals surface area contributed by atoms with Crippen LogP contribution in [0.1, 0.15) is 19.3 Å². The summed E-state index contributed by atoms with van der Waals surface area (Å²) in [7, 11) is 0. The zero-order valence-electron chi connectivity index (χ0n) is 7.62. The lowest BCUT2D eigenvalue weighted by molar-refractivity contribution is 0.345. The summed E-state index contributed by atoms with van der Waals surface area (Å²) in [6, 6.07) is 0.415. The Morgan fingerprint density at radius 3 is 2.31 bits per heavy atom. The molecule has 1 unspecified atom stereocenters. The molecule has 0 bridgehead atoms. The van der Waals surface area contributed by atoms with Crippen LogP contribution in [0.5, 0.6) is 0 Å². The third kappa shape index (κ3) is 3.17. The normalized spacial score (nSPS) is 30.7. The van der Waals surface area contributed by atoms with Crippen molar-refractivity contribution in [2.45, 2.75) is 30.8 Å². The minimum absolute atomic E-state index is 0. The Hall–Kier alpha value is 0.850. The number of nitrogens with one attached hydrogen (secondary N) is 1. The number of rotatable bonds is 0. The summed E-state index contributed by atoms with van der Waals surface area (Å²) < 4.78 is 0. The van der Waals surface area contributed by atoms with Crippen molar-refractivity contribution in [3.63, 3.8) is 0 Å². The molecule has 3 N–H and O–H groups in total. The summed E-state index contributed by atoms with van der Waals surface area (Å²) in [5.74, 6) is 2.64. The quantitative estimate of drug-likeness (QED) is 0.677. The van der Waals surface area contributed by atoms with Crippen molar-refractivity contribution in [3.05, 3.63) is 0 Å². The maximum absolute atomic E-state index is 5.87. The lowest BCUT2D eigenvalue weighted by Crippen LogP contribution is -2.42. The van der Waals surface area contributed by atoms with Gasteiger partial charge < -0.3 is 11.1 Å². The molecule has 1 atom stereocenters. The molecule has 2 heterocycles. The van der Waals surface area contributed by atoms with Crippen LogP contribution in [-0.4, -0.2) is 29.6 Å². The molecule has 5 heteroatoms. The van der Waals surface area contributed by atoms with Crippen molar-refractivity contribution < 1.29 is 0 Å². The molecule has 0 aliphatic carbocycles. The Morgan fingerprint density at radius 2 is 1.85 bits per heavy atom. The van der Waals surface area contributed by atoms with Crippen molar-refractivity contribution in [2.75, 3.05) is 18.1 Å². The number of halogens is 2. The fraction of sp³-hybridized carbons (Fsp3) is 1.00. The van der Waals surface area contributed by atoms with Gasteiger partial charge in [0.2, 0.25) is 0 Å². The van der Waals surface area contributed by atoms with Gasteiger partial charge in [-0.15, -0.1) is 24.8 Å². The van der Waals surface area contributed by atoms with Gasteiger partial charge in [-0.25, -0.2) is 0 Å². The molecule has 2 aliphatic rings. The number of hydrogen-bond donors (Lipinski definition) is 2. The Bertz CT molecular complexity index is 146. The van der Waals surface area contributed by atoms with Gasteiger partial charge in [-0.2, -0.15) is 11.8 Å². The van der Waals surface area contributed by atoms with Crippen LogP contribution in [0, 0.1) is 0 Å². The van der Waals surface area contributed by atoms with Crippen LogP contribution in [-0.2, 0) is 0 Å². The van der Waals surface area contributed by atoms with Crippen molar-refractivity contribution in [2.24, 2.45) is 5.73 Å². The topological polar surface area (TPSA) is 38.0 Å². The molecule has 2 nitrogen and oxygen atoms in total. The van der Waals surface area contributed by atoms with E-state index in [1.807, 2.05) is 0 Å². The van der Waals surface area contributed by atoms with Gasteiger partial charge in [-0.05, 0) is 30.8 Å². The third-order valence-electron chi connectivity index (χ3n) is 2.84. The van der Waals surface area contributed by atoms with E-state index in [2.05, 4.69) is 17.1 Å². The van der Waals surface area contributed by atoms with Crippen molar-refractivity contribution in [3.8, 4) is 0 Å². The van der Waals surface area contributed by atoms with Gasteiger partial charge in [0.25, 0.3) is 0 Å². The monoisotopic (exact) mass is 244 g/mol. The van der Waals surface area contributed by atoms with Crippen molar-refractivity contribution in [1.29, 1.82) is 0 Å². The third-order valence-corrected chi connectivity index (χ3v) is 3.83. The Labute approximate surface area is 96.6 Å². The summed E-state index contributed by atoms with van der Waals surface area (Å²) in [5, 5.41) is 3.58. The van der Waals surface area contributed by atoms with E-state index < -0.39 is 0 Å². The Morgan fingerprint density at radius 1 is 1.23 bits per heavy atom. The van der Waals surface area contributed by atoms with Crippen LogP contribution in [0.2, 0.25) is 0 Å². The summed E-state index contributed by atoms with van der Waals surface area (Å²) in [5.41, 5.74) is 6.32. The molecule has 2 saturated heterocycles. The van der Waals surface area contributed by atoms with Crippen LogP contribution >= 0.6 is 36.6 Å². The highest BCUT2D eigenvalue weighted by Crippen LogP contribution is 2.33. The van der Waals surface area contributed by atoms with Gasteiger partial charge in [0.1, 0.15) is 0 Å². The summed E-state index contributed by atoms with van der Waals surface area (Å²) in [6.45, 7) is 1.03. The molecular weight excluding hydrogens is 227 g/mol. The fourth-order valence-corrected chi connectivity index (χ4v) is 3.41. The number of thioether (sulfide) groups is 1. The fourth-order valence-electron chi connectivity index (χ4n) is 2.14. The highest BCUT2D eigenvalue weighted by molar-refractivity contribution is 7.99. The molecule has 0 aromatic rings. The second kappa shape index (κ2) is 5.66. The molecule has 2 aliphatic heterocycles. The maximum Gasteiger partial charge on any atom is 0.0213 e. The zero-order chi connectivity index (χ0) is 7.73. The SMILES string of the molecule is Cl.Cl.NC1CNC2(CCSCC2)C1. The second-order valence-corrected chi connectivity index (χ2v) is 4.96. The van der Waals surface area contributed by atoms with E-state index in [1.54, 1.807) is 0 Å². The average molecular weight is 245 g/mol. The second-order valence-electron chi connectivity index (χ2n) is 3.74. The van der Waals surface area contributed by atoms with Crippen molar-refractivity contribution >= 4 is 36.6 Å².